The minimum absolute atomic E-state index is 0.379. The third kappa shape index (κ3) is 3.15. The molecule has 1 N–H and O–H groups in total. The Hall–Kier alpha value is -6.44. The van der Waals surface area contributed by atoms with Crippen molar-refractivity contribution >= 4 is 11.4 Å². The molecule has 0 atom stereocenters. The van der Waals surface area contributed by atoms with Crippen LogP contribution in [0.1, 0.15) is 44.5 Å². The van der Waals surface area contributed by atoms with Gasteiger partial charge < -0.3 is 5.32 Å². The van der Waals surface area contributed by atoms with Gasteiger partial charge in [-0.05, 0) is 102 Å². The van der Waals surface area contributed by atoms with Gasteiger partial charge in [-0.3, -0.25) is 0 Å². The van der Waals surface area contributed by atoms with E-state index in [1.54, 1.807) is 0 Å². The van der Waals surface area contributed by atoms with E-state index in [2.05, 4.69) is 187 Å². The van der Waals surface area contributed by atoms with Crippen LogP contribution in [0.25, 0.3) is 44.5 Å². The summed E-state index contributed by atoms with van der Waals surface area (Å²) in [4.78, 5) is 0. The van der Waals surface area contributed by atoms with E-state index in [-0.39, 0.29) is 5.41 Å². The minimum Gasteiger partial charge on any atom is -0.355 e. The predicted octanol–water partition coefficient (Wildman–Crippen LogP) is 12.1. The van der Waals surface area contributed by atoms with Crippen molar-refractivity contribution in [1.82, 2.24) is 0 Å². The first-order valence-corrected chi connectivity index (χ1v) is 17.9. The molecule has 8 aromatic rings. The van der Waals surface area contributed by atoms with Crippen LogP contribution in [0.3, 0.4) is 0 Å². The lowest BCUT2D eigenvalue weighted by Gasteiger charge is -2.32. The van der Waals surface area contributed by atoms with Gasteiger partial charge >= 0.3 is 0 Å². The van der Waals surface area contributed by atoms with E-state index in [0.717, 1.165) is 11.4 Å². The molecule has 0 radical (unpaired) electrons. The molecule has 1 nitrogen and oxygen atoms in total. The van der Waals surface area contributed by atoms with E-state index in [4.69, 9.17) is 0 Å². The highest BCUT2D eigenvalue weighted by molar-refractivity contribution is 5.99. The maximum Gasteiger partial charge on any atom is 0.0745 e. The maximum atomic E-state index is 4.06. The molecule has 4 aliphatic rings. The average molecular weight is 646 g/mol. The zero-order valence-corrected chi connectivity index (χ0v) is 27.8. The largest absolute Gasteiger partial charge is 0.355 e. The van der Waals surface area contributed by atoms with Gasteiger partial charge in [-0.25, -0.2) is 0 Å². The molecule has 0 aliphatic heterocycles. The first-order valence-electron chi connectivity index (χ1n) is 17.9. The number of fused-ring (bicyclic) bond motifs is 20. The smallest absolute Gasteiger partial charge is 0.0745 e. The molecule has 0 unspecified atom stereocenters. The Balaban J connectivity index is 1.11. The number of benzene rings is 8. The normalized spacial score (nSPS) is 15.0. The molecule has 51 heavy (non-hydrogen) atoms. The fraction of sp³-hybridized carbons (Fsp3) is 0.0400. The second-order valence-electron chi connectivity index (χ2n) is 14.4. The quantitative estimate of drug-likeness (QED) is 0.197. The lowest BCUT2D eigenvalue weighted by molar-refractivity contribution is 0.793. The number of anilines is 2. The Labute approximate surface area is 297 Å². The summed E-state index contributed by atoms with van der Waals surface area (Å²) in [5.74, 6) is 0. The fourth-order valence-electron chi connectivity index (χ4n) is 10.6. The molecule has 0 bridgehead atoms. The highest BCUT2D eigenvalue weighted by atomic mass is 14.9. The van der Waals surface area contributed by atoms with E-state index < -0.39 is 5.41 Å². The van der Waals surface area contributed by atoms with Crippen LogP contribution in [-0.2, 0) is 10.8 Å². The molecule has 1 heteroatoms. The van der Waals surface area contributed by atoms with Gasteiger partial charge in [-0.15, -0.1) is 0 Å². The van der Waals surface area contributed by atoms with Crippen molar-refractivity contribution in [2.45, 2.75) is 10.8 Å². The Morgan fingerprint density at radius 3 is 1.08 bits per heavy atom. The SMILES string of the molecule is c1ccc2c(c1)-c1ccccc1C21c2ccccc2-c2ccc(Nc3cccc4c3C3(c5ccccc5-c5ccccc53)c3ccccc3-4)cc21. The van der Waals surface area contributed by atoms with Gasteiger partial charge in [-0.2, -0.15) is 0 Å². The zero-order chi connectivity index (χ0) is 33.3. The average Bonchev–Trinajstić information content (AvgIpc) is 3.87. The van der Waals surface area contributed by atoms with Gasteiger partial charge in [0.2, 0.25) is 0 Å². The molecule has 0 saturated carbocycles. The Kier molecular flexibility index (Phi) is 5.17. The highest BCUT2D eigenvalue weighted by Crippen LogP contribution is 2.65. The minimum atomic E-state index is -0.416. The van der Waals surface area contributed by atoms with E-state index in [1.165, 1.54) is 89.0 Å². The molecule has 0 heterocycles. The number of hydrogen-bond acceptors (Lipinski definition) is 1. The standard InChI is InChI=1S/C50H31N/c1-7-21-40-32(14-1)33-15-2-8-22-41(33)49(40)42-23-9-3-18-36(42)38-29-28-31(30-46(38)49)51-47-27-13-20-39-37-19-6-12-26-45(37)50(48(39)47)43-24-10-4-16-34(43)35-17-5-11-25-44(35)50/h1-30,51H. The van der Waals surface area contributed by atoms with Crippen molar-refractivity contribution in [1.29, 1.82) is 0 Å². The molecule has 8 aromatic carbocycles. The molecular formula is C50H31N. The van der Waals surface area contributed by atoms with Gasteiger partial charge in [0.1, 0.15) is 0 Å². The predicted molar refractivity (Wildman–Crippen MR) is 209 cm³/mol. The van der Waals surface area contributed by atoms with Crippen LogP contribution in [0.5, 0.6) is 0 Å². The molecule has 236 valence electrons. The Bertz CT molecular complexity index is 2670. The summed E-state index contributed by atoms with van der Waals surface area (Å²) >= 11 is 0. The number of hydrogen-bond donors (Lipinski definition) is 1. The van der Waals surface area contributed by atoms with Gasteiger partial charge in [0.25, 0.3) is 0 Å². The van der Waals surface area contributed by atoms with Crippen LogP contribution in [0.15, 0.2) is 182 Å². The third-order valence-corrected chi connectivity index (χ3v) is 12.3. The zero-order valence-electron chi connectivity index (χ0n) is 27.8. The fourth-order valence-corrected chi connectivity index (χ4v) is 10.6. The van der Waals surface area contributed by atoms with Gasteiger partial charge in [0.05, 0.1) is 10.8 Å². The maximum absolute atomic E-state index is 4.06. The van der Waals surface area contributed by atoms with Crippen molar-refractivity contribution in [3.8, 4) is 44.5 Å². The summed E-state index contributed by atoms with van der Waals surface area (Å²) in [5, 5.41) is 4.06. The summed E-state index contributed by atoms with van der Waals surface area (Å²) in [6.07, 6.45) is 0. The molecular weight excluding hydrogens is 615 g/mol. The van der Waals surface area contributed by atoms with Crippen LogP contribution >= 0.6 is 0 Å². The van der Waals surface area contributed by atoms with Crippen molar-refractivity contribution < 1.29 is 0 Å². The second-order valence-corrected chi connectivity index (χ2v) is 14.4. The topological polar surface area (TPSA) is 12.0 Å². The highest BCUT2D eigenvalue weighted by Gasteiger charge is 2.54. The summed E-state index contributed by atoms with van der Waals surface area (Å²) in [6, 6.07) is 68.1. The first kappa shape index (κ1) is 27.4. The summed E-state index contributed by atoms with van der Waals surface area (Å²) in [7, 11) is 0. The van der Waals surface area contributed by atoms with Crippen LogP contribution in [0, 0.1) is 0 Å². The van der Waals surface area contributed by atoms with E-state index in [0.29, 0.717) is 0 Å². The lowest BCUT2D eigenvalue weighted by atomic mass is 9.70. The molecule has 0 aromatic heterocycles. The summed E-state index contributed by atoms with van der Waals surface area (Å²) in [6.45, 7) is 0. The van der Waals surface area contributed by atoms with Crippen molar-refractivity contribution in [2.24, 2.45) is 0 Å². The van der Waals surface area contributed by atoms with Crippen LogP contribution in [-0.4, -0.2) is 0 Å². The number of nitrogens with one attached hydrogen (secondary N) is 1. The van der Waals surface area contributed by atoms with Gasteiger partial charge in [0.15, 0.2) is 0 Å². The van der Waals surface area contributed by atoms with E-state index in [9.17, 15) is 0 Å². The third-order valence-electron chi connectivity index (χ3n) is 12.3. The Morgan fingerprint density at radius 1 is 0.275 bits per heavy atom. The first-order chi connectivity index (χ1) is 25.3. The van der Waals surface area contributed by atoms with E-state index in [1.807, 2.05) is 0 Å². The van der Waals surface area contributed by atoms with Crippen molar-refractivity contribution in [2.75, 3.05) is 5.32 Å². The number of rotatable bonds is 2. The monoisotopic (exact) mass is 645 g/mol. The van der Waals surface area contributed by atoms with Crippen LogP contribution in [0.2, 0.25) is 0 Å². The second kappa shape index (κ2) is 9.62. The molecule has 0 amide bonds. The van der Waals surface area contributed by atoms with Gasteiger partial charge in [-0.1, -0.05) is 164 Å². The van der Waals surface area contributed by atoms with Crippen LogP contribution < -0.4 is 5.32 Å². The summed E-state index contributed by atoms with van der Waals surface area (Å²) < 4.78 is 0. The van der Waals surface area contributed by atoms with Crippen molar-refractivity contribution in [3.63, 3.8) is 0 Å². The Morgan fingerprint density at radius 2 is 0.627 bits per heavy atom. The summed E-state index contributed by atoms with van der Waals surface area (Å²) in [5.41, 5.74) is 22.8. The van der Waals surface area contributed by atoms with Crippen molar-refractivity contribution in [3.05, 3.63) is 226 Å². The molecule has 4 aliphatic carbocycles. The molecule has 2 spiro atoms. The van der Waals surface area contributed by atoms with E-state index >= 15 is 0 Å². The molecule has 12 rings (SSSR count). The van der Waals surface area contributed by atoms with Gasteiger partial charge in [0, 0.05) is 16.9 Å². The lowest BCUT2D eigenvalue weighted by Crippen LogP contribution is -2.27. The molecule has 0 fully saturated rings. The van der Waals surface area contributed by atoms with Crippen LogP contribution in [0.4, 0.5) is 11.4 Å². The molecule has 0 saturated heterocycles.